The molecule has 4 heteroatoms. The standard InChI is InChI=1S/C11H25N3O/c1-6-12-11(15)14(10(2)3)9-7-8-13(4)5/h10H,6-9H2,1-5H3,(H,12,15). The van der Waals surface area contributed by atoms with Crippen LogP contribution in [0.15, 0.2) is 0 Å². The molecular weight excluding hydrogens is 190 g/mol. The van der Waals surface area contributed by atoms with Crippen molar-refractivity contribution < 1.29 is 4.79 Å². The van der Waals surface area contributed by atoms with E-state index in [1.807, 2.05) is 39.8 Å². The quantitative estimate of drug-likeness (QED) is 0.726. The van der Waals surface area contributed by atoms with E-state index in [4.69, 9.17) is 0 Å². The maximum atomic E-state index is 11.7. The molecule has 0 aromatic rings. The minimum atomic E-state index is 0.0475. The average Bonchev–Trinajstić information content (AvgIpc) is 2.11. The zero-order chi connectivity index (χ0) is 11.8. The van der Waals surface area contributed by atoms with E-state index in [2.05, 4.69) is 10.2 Å². The van der Waals surface area contributed by atoms with Gasteiger partial charge in [-0.15, -0.1) is 0 Å². The topological polar surface area (TPSA) is 35.6 Å². The third-order valence-electron chi connectivity index (χ3n) is 2.22. The van der Waals surface area contributed by atoms with E-state index in [1.54, 1.807) is 0 Å². The molecule has 0 rings (SSSR count). The van der Waals surface area contributed by atoms with Crippen LogP contribution in [0.25, 0.3) is 0 Å². The Kier molecular flexibility index (Phi) is 7.13. The van der Waals surface area contributed by atoms with Gasteiger partial charge in [-0.25, -0.2) is 4.79 Å². The fourth-order valence-electron chi connectivity index (χ4n) is 1.40. The van der Waals surface area contributed by atoms with Crippen molar-refractivity contribution in [2.24, 2.45) is 0 Å². The molecule has 4 nitrogen and oxygen atoms in total. The molecule has 90 valence electrons. The van der Waals surface area contributed by atoms with E-state index in [0.717, 1.165) is 19.5 Å². The summed E-state index contributed by atoms with van der Waals surface area (Å²) in [6, 6.07) is 0.310. The SMILES string of the molecule is CCNC(=O)N(CCCN(C)C)C(C)C. The van der Waals surface area contributed by atoms with Crippen LogP contribution in [0.5, 0.6) is 0 Å². The highest BCUT2D eigenvalue weighted by Gasteiger charge is 2.15. The van der Waals surface area contributed by atoms with Crippen molar-refractivity contribution in [2.45, 2.75) is 33.2 Å². The molecule has 2 amide bonds. The highest BCUT2D eigenvalue weighted by molar-refractivity contribution is 5.74. The van der Waals surface area contributed by atoms with E-state index in [9.17, 15) is 4.79 Å². The number of hydrogen-bond donors (Lipinski definition) is 1. The number of carbonyl (C=O) groups excluding carboxylic acids is 1. The third-order valence-corrected chi connectivity index (χ3v) is 2.22. The molecule has 15 heavy (non-hydrogen) atoms. The molecule has 0 atom stereocenters. The molecule has 0 aliphatic carbocycles. The first-order chi connectivity index (χ1) is 6.99. The van der Waals surface area contributed by atoms with Gasteiger partial charge in [0.25, 0.3) is 0 Å². The summed E-state index contributed by atoms with van der Waals surface area (Å²) >= 11 is 0. The predicted molar refractivity (Wildman–Crippen MR) is 64.1 cm³/mol. The number of hydrogen-bond acceptors (Lipinski definition) is 2. The molecule has 0 aliphatic heterocycles. The van der Waals surface area contributed by atoms with E-state index in [-0.39, 0.29) is 12.1 Å². The first-order valence-electron chi connectivity index (χ1n) is 5.68. The van der Waals surface area contributed by atoms with Crippen LogP contribution in [0, 0.1) is 0 Å². The first-order valence-corrected chi connectivity index (χ1v) is 5.68. The number of amides is 2. The van der Waals surface area contributed by atoms with E-state index in [0.29, 0.717) is 6.54 Å². The van der Waals surface area contributed by atoms with Gasteiger partial charge in [-0.3, -0.25) is 0 Å². The lowest BCUT2D eigenvalue weighted by Crippen LogP contribution is -2.44. The lowest BCUT2D eigenvalue weighted by Gasteiger charge is -2.27. The molecular formula is C11H25N3O. The van der Waals surface area contributed by atoms with Gasteiger partial charge >= 0.3 is 6.03 Å². The number of nitrogens with one attached hydrogen (secondary N) is 1. The molecule has 0 radical (unpaired) electrons. The summed E-state index contributed by atoms with van der Waals surface area (Å²) in [7, 11) is 4.09. The Balaban J connectivity index is 3.99. The van der Waals surface area contributed by atoms with Gasteiger partial charge in [0, 0.05) is 19.1 Å². The van der Waals surface area contributed by atoms with Crippen LogP contribution in [0.3, 0.4) is 0 Å². The summed E-state index contributed by atoms with van der Waals surface area (Å²) in [5.41, 5.74) is 0. The first kappa shape index (κ1) is 14.2. The fraction of sp³-hybridized carbons (Fsp3) is 0.909. The Bertz CT molecular complexity index is 181. The number of rotatable bonds is 6. The molecule has 1 N–H and O–H groups in total. The Morgan fingerprint density at radius 1 is 1.27 bits per heavy atom. The molecule has 0 spiro atoms. The van der Waals surface area contributed by atoms with Crippen molar-refractivity contribution >= 4 is 6.03 Å². The van der Waals surface area contributed by atoms with Gasteiger partial charge in [0.15, 0.2) is 0 Å². The van der Waals surface area contributed by atoms with Crippen LogP contribution in [0.2, 0.25) is 0 Å². The third kappa shape index (κ3) is 6.33. The normalized spacial score (nSPS) is 10.9. The van der Waals surface area contributed by atoms with Crippen LogP contribution in [0.4, 0.5) is 4.79 Å². The Hall–Kier alpha value is -0.770. The highest BCUT2D eigenvalue weighted by Crippen LogP contribution is 2.00. The summed E-state index contributed by atoms with van der Waals surface area (Å²) in [5.74, 6) is 0. The van der Waals surface area contributed by atoms with Crippen molar-refractivity contribution in [3.8, 4) is 0 Å². The molecule has 0 aromatic carbocycles. The van der Waals surface area contributed by atoms with Crippen LogP contribution < -0.4 is 5.32 Å². The van der Waals surface area contributed by atoms with Crippen molar-refractivity contribution in [3.63, 3.8) is 0 Å². The predicted octanol–water partition coefficient (Wildman–Crippen LogP) is 1.38. The lowest BCUT2D eigenvalue weighted by molar-refractivity contribution is 0.180. The van der Waals surface area contributed by atoms with Gasteiger partial charge < -0.3 is 15.1 Å². The van der Waals surface area contributed by atoms with Crippen molar-refractivity contribution in [1.29, 1.82) is 0 Å². The Morgan fingerprint density at radius 3 is 2.27 bits per heavy atom. The second-order valence-corrected chi connectivity index (χ2v) is 4.28. The Morgan fingerprint density at radius 2 is 1.87 bits per heavy atom. The number of carbonyl (C=O) groups is 1. The van der Waals surface area contributed by atoms with Gasteiger partial charge in [-0.1, -0.05) is 0 Å². The number of nitrogens with zero attached hydrogens (tertiary/aromatic N) is 2. The van der Waals surface area contributed by atoms with Crippen LogP contribution in [0.1, 0.15) is 27.2 Å². The van der Waals surface area contributed by atoms with Gasteiger partial charge in [0.1, 0.15) is 0 Å². The second-order valence-electron chi connectivity index (χ2n) is 4.28. The summed E-state index contributed by atoms with van der Waals surface area (Å²) in [5, 5.41) is 2.84. The summed E-state index contributed by atoms with van der Waals surface area (Å²) in [6.07, 6.45) is 1.02. The largest absolute Gasteiger partial charge is 0.338 e. The van der Waals surface area contributed by atoms with Crippen LogP contribution in [-0.2, 0) is 0 Å². The van der Waals surface area contributed by atoms with Crippen molar-refractivity contribution in [2.75, 3.05) is 33.7 Å². The van der Waals surface area contributed by atoms with E-state index in [1.165, 1.54) is 0 Å². The zero-order valence-electron chi connectivity index (χ0n) is 10.7. The average molecular weight is 215 g/mol. The fourth-order valence-corrected chi connectivity index (χ4v) is 1.40. The van der Waals surface area contributed by atoms with Crippen LogP contribution >= 0.6 is 0 Å². The van der Waals surface area contributed by atoms with Crippen LogP contribution in [-0.4, -0.2) is 55.6 Å². The smallest absolute Gasteiger partial charge is 0.317 e. The van der Waals surface area contributed by atoms with E-state index < -0.39 is 0 Å². The minimum Gasteiger partial charge on any atom is -0.338 e. The van der Waals surface area contributed by atoms with Crippen molar-refractivity contribution in [1.82, 2.24) is 15.1 Å². The minimum absolute atomic E-state index is 0.0475. The van der Waals surface area contributed by atoms with Gasteiger partial charge in [0.05, 0.1) is 0 Å². The van der Waals surface area contributed by atoms with Gasteiger partial charge in [-0.2, -0.15) is 0 Å². The molecule has 0 saturated carbocycles. The molecule has 0 aliphatic rings. The lowest BCUT2D eigenvalue weighted by atomic mass is 10.3. The summed E-state index contributed by atoms with van der Waals surface area (Å²) in [6.45, 7) is 8.56. The second kappa shape index (κ2) is 7.51. The van der Waals surface area contributed by atoms with Crippen molar-refractivity contribution in [3.05, 3.63) is 0 Å². The molecule has 0 heterocycles. The molecule has 0 unspecified atom stereocenters. The number of urea groups is 1. The highest BCUT2D eigenvalue weighted by atomic mass is 16.2. The molecule has 0 aromatic heterocycles. The van der Waals surface area contributed by atoms with Gasteiger partial charge in [-0.05, 0) is 47.8 Å². The van der Waals surface area contributed by atoms with Gasteiger partial charge in [0.2, 0.25) is 0 Å². The van der Waals surface area contributed by atoms with E-state index >= 15 is 0 Å². The maximum absolute atomic E-state index is 11.7. The summed E-state index contributed by atoms with van der Waals surface area (Å²) < 4.78 is 0. The zero-order valence-corrected chi connectivity index (χ0v) is 10.7. The maximum Gasteiger partial charge on any atom is 0.317 e. The molecule has 0 fully saturated rings. The Labute approximate surface area is 93.6 Å². The monoisotopic (exact) mass is 215 g/mol. The molecule has 0 saturated heterocycles. The summed E-state index contributed by atoms with van der Waals surface area (Å²) in [4.78, 5) is 15.7. The molecule has 0 bridgehead atoms.